The fraction of sp³-hybridized carbons (Fsp3) is 0.500. The lowest BCUT2D eigenvalue weighted by molar-refractivity contribution is -0.131. The number of hydrogen-bond acceptors (Lipinski definition) is 2. The molecule has 0 aliphatic carbocycles. The molecule has 1 amide bonds. The van der Waals surface area contributed by atoms with Crippen LogP contribution in [0.2, 0.25) is 0 Å². The first-order valence-corrected chi connectivity index (χ1v) is 6.61. The summed E-state index contributed by atoms with van der Waals surface area (Å²) in [6.07, 6.45) is 1.88. The van der Waals surface area contributed by atoms with Gasteiger partial charge >= 0.3 is 0 Å². The quantitative estimate of drug-likeness (QED) is 0.883. The highest BCUT2D eigenvalue weighted by atomic mass is 19.1. The molecule has 2 atom stereocenters. The van der Waals surface area contributed by atoms with Gasteiger partial charge in [0, 0.05) is 24.7 Å². The van der Waals surface area contributed by atoms with E-state index in [1.54, 1.807) is 4.90 Å². The molecule has 2 heterocycles. The average molecular weight is 266 g/mol. The number of carbonyl (C=O) groups excluding carboxylic acids is 1. The van der Waals surface area contributed by atoms with Crippen LogP contribution in [0.5, 0.6) is 0 Å². The van der Waals surface area contributed by atoms with Gasteiger partial charge in [-0.3, -0.25) is 4.79 Å². The van der Waals surface area contributed by atoms with E-state index in [9.17, 15) is 13.6 Å². The number of halogens is 2. The molecule has 19 heavy (non-hydrogen) atoms. The van der Waals surface area contributed by atoms with Crippen LogP contribution in [0.4, 0.5) is 8.78 Å². The molecule has 2 fully saturated rings. The smallest absolute Gasteiger partial charge is 0.227 e. The van der Waals surface area contributed by atoms with Crippen molar-refractivity contribution in [2.75, 3.05) is 13.1 Å². The number of nitrogens with zero attached hydrogens (tertiary/aromatic N) is 1. The Kier molecular flexibility index (Phi) is 3.22. The summed E-state index contributed by atoms with van der Waals surface area (Å²) in [6, 6.07) is 3.53. The normalized spacial score (nSPS) is 26.6. The first-order valence-electron chi connectivity index (χ1n) is 6.61. The molecule has 2 aliphatic rings. The zero-order valence-corrected chi connectivity index (χ0v) is 10.5. The van der Waals surface area contributed by atoms with Gasteiger partial charge in [0.05, 0.1) is 5.92 Å². The molecule has 102 valence electrons. The number of amides is 1. The molecule has 2 unspecified atom stereocenters. The summed E-state index contributed by atoms with van der Waals surface area (Å²) >= 11 is 0. The third-order valence-corrected chi connectivity index (χ3v) is 4.00. The largest absolute Gasteiger partial charge is 0.336 e. The Morgan fingerprint density at radius 2 is 2.21 bits per heavy atom. The van der Waals surface area contributed by atoms with Crippen molar-refractivity contribution in [3.05, 3.63) is 35.4 Å². The molecule has 1 N–H and O–H groups in total. The lowest BCUT2D eigenvalue weighted by atomic mass is 9.94. The lowest BCUT2D eigenvalue weighted by Gasteiger charge is -2.23. The van der Waals surface area contributed by atoms with Crippen molar-refractivity contribution in [1.29, 1.82) is 0 Å². The van der Waals surface area contributed by atoms with Crippen LogP contribution >= 0.6 is 0 Å². The number of likely N-dealkylation sites (tertiary alicyclic amines) is 1. The summed E-state index contributed by atoms with van der Waals surface area (Å²) in [5, 5.41) is 3.32. The van der Waals surface area contributed by atoms with Crippen LogP contribution in [-0.4, -0.2) is 29.9 Å². The van der Waals surface area contributed by atoms with E-state index in [1.807, 2.05) is 0 Å². The Hall–Kier alpha value is -1.49. The van der Waals surface area contributed by atoms with E-state index in [1.165, 1.54) is 0 Å². The molecule has 2 aliphatic heterocycles. The molecule has 0 radical (unpaired) electrons. The van der Waals surface area contributed by atoms with E-state index in [0.717, 1.165) is 37.6 Å². The SMILES string of the molecule is O=C1C2CCCNC2CN1Cc1cc(F)ccc1F. The Bertz CT molecular complexity index is 506. The highest BCUT2D eigenvalue weighted by Gasteiger charge is 2.41. The molecule has 0 saturated carbocycles. The van der Waals surface area contributed by atoms with Crippen molar-refractivity contribution in [2.24, 2.45) is 5.92 Å². The molecular weight excluding hydrogens is 250 g/mol. The van der Waals surface area contributed by atoms with Gasteiger partial charge in [-0.15, -0.1) is 0 Å². The molecule has 1 aromatic rings. The van der Waals surface area contributed by atoms with Gasteiger partial charge in [0.1, 0.15) is 11.6 Å². The zero-order chi connectivity index (χ0) is 13.4. The molecule has 0 spiro atoms. The molecule has 1 aromatic carbocycles. The number of nitrogens with one attached hydrogen (secondary N) is 1. The van der Waals surface area contributed by atoms with Gasteiger partial charge in [-0.1, -0.05) is 0 Å². The van der Waals surface area contributed by atoms with Gasteiger partial charge in [0.25, 0.3) is 0 Å². The number of rotatable bonds is 2. The molecule has 5 heteroatoms. The molecule has 3 rings (SSSR count). The van der Waals surface area contributed by atoms with Gasteiger partial charge < -0.3 is 10.2 Å². The van der Waals surface area contributed by atoms with E-state index in [2.05, 4.69) is 5.32 Å². The summed E-state index contributed by atoms with van der Waals surface area (Å²) in [4.78, 5) is 13.8. The second-order valence-corrected chi connectivity index (χ2v) is 5.26. The van der Waals surface area contributed by atoms with Crippen molar-refractivity contribution in [1.82, 2.24) is 10.2 Å². The van der Waals surface area contributed by atoms with Crippen LogP contribution in [0.3, 0.4) is 0 Å². The summed E-state index contributed by atoms with van der Waals surface area (Å²) in [5.41, 5.74) is 0.243. The number of benzene rings is 1. The van der Waals surface area contributed by atoms with E-state index in [0.29, 0.717) is 6.54 Å². The maximum Gasteiger partial charge on any atom is 0.227 e. The van der Waals surface area contributed by atoms with Crippen LogP contribution in [0.15, 0.2) is 18.2 Å². The molecule has 0 bridgehead atoms. The predicted octanol–water partition coefficient (Wildman–Crippen LogP) is 1.68. The van der Waals surface area contributed by atoms with Crippen molar-refractivity contribution in [3.63, 3.8) is 0 Å². The Labute approximate surface area is 110 Å². The van der Waals surface area contributed by atoms with Gasteiger partial charge in [-0.25, -0.2) is 8.78 Å². The van der Waals surface area contributed by atoms with Gasteiger partial charge in [-0.05, 0) is 37.6 Å². The number of hydrogen-bond donors (Lipinski definition) is 1. The fourth-order valence-electron chi connectivity index (χ4n) is 3.01. The second kappa shape index (κ2) is 4.89. The molecular formula is C14H16F2N2O. The van der Waals surface area contributed by atoms with E-state index in [-0.39, 0.29) is 30.0 Å². The van der Waals surface area contributed by atoms with Crippen molar-refractivity contribution in [3.8, 4) is 0 Å². The van der Waals surface area contributed by atoms with Crippen molar-refractivity contribution in [2.45, 2.75) is 25.4 Å². The van der Waals surface area contributed by atoms with Crippen LogP contribution < -0.4 is 5.32 Å². The molecule has 2 saturated heterocycles. The summed E-state index contributed by atoms with van der Waals surface area (Å²) < 4.78 is 26.7. The molecule has 3 nitrogen and oxygen atoms in total. The zero-order valence-electron chi connectivity index (χ0n) is 10.5. The van der Waals surface area contributed by atoms with Crippen LogP contribution in [-0.2, 0) is 11.3 Å². The monoisotopic (exact) mass is 266 g/mol. The maximum absolute atomic E-state index is 13.6. The second-order valence-electron chi connectivity index (χ2n) is 5.26. The maximum atomic E-state index is 13.6. The first kappa shape index (κ1) is 12.5. The first-order chi connectivity index (χ1) is 9.15. The minimum Gasteiger partial charge on any atom is -0.336 e. The average Bonchev–Trinajstić information content (AvgIpc) is 2.72. The number of piperidine rings is 1. The Morgan fingerprint density at radius 1 is 1.37 bits per heavy atom. The van der Waals surface area contributed by atoms with Crippen LogP contribution in [0, 0.1) is 17.6 Å². The minimum atomic E-state index is -0.474. The van der Waals surface area contributed by atoms with Crippen molar-refractivity contribution < 1.29 is 13.6 Å². The van der Waals surface area contributed by atoms with Gasteiger partial charge in [-0.2, -0.15) is 0 Å². The topological polar surface area (TPSA) is 32.3 Å². The van der Waals surface area contributed by atoms with Crippen molar-refractivity contribution >= 4 is 5.91 Å². The van der Waals surface area contributed by atoms with Gasteiger partial charge in [0.15, 0.2) is 0 Å². The number of carbonyl (C=O) groups is 1. The van der Waals surface area contributed by atoms with E-state index in [4.69, 9.17) is 0 Å². The predicted molar refractivity (Wildman–Crippen MR) is 66.3 cm³/mol. The third kappa shape index (κ3) is 2.34. The summed E-state index contributed by atoms with van der Waals surface area (Å²) in [6.45, 7) is 1.66. The van der Waals surface area contributed by atoms with Gasteiger partial charge in [0.2, 0.25) is 5.91 Å². The Balaban J connectivity index is 1.76. The standard InChI is InChI=1S/C14H16F2N2O/c15-10-3-4-12(16)9(6-10)7-18-8-13-11(14(18)19)2-1-5-17-13/h3-4,6,11,13,17H,1-2,5,7-8H2. The van der Waals surface area contributed by atoms with E-state index < -0.39 is 11.6 Å². The van der Waals surface area contributed by atoms with Crippen LogP contribution in [0.25, 0.3) is 0 Å². The fourth-order valence-corrected chi connectivity index (χ4v) is 3.01. The Morgan fingerprint density at radius 3 is 3.00 bits per heavy atom. The van der Waals surface area contributed by atoms with Crippen LogP contribution in [0.1, 0.15) is 18.4 Å². The molecule has 0 aromatic heterocycles. The lowest BCUT2D eigenvalue weighted by Crippen LogP contribution is -2.41. The third-order valence-electron chi connectivity index (χ3n) is 4.00. The van der Waals surface area contributed by atoms with E-state index >= 15 is 0 Å². The minimum absolute atomic E-state index is 0.00497. The summed E-state index contributed by atoms with van der Waals surface area (Å²) in [5.74, 6) is -0.873. The number of fused-ring (bicyclic) bond motifs is 1. The highest BCUT2D eigenvalue weighted by molar-refractivity contribution is 5.82. The summed E-state index contributed by atoms with van der Waals surface area (Å²) in [7, 11) is 0. The highest BCUT2D eigenvalue weighted by Crippen LogP contribution is 2.28.